The molecule has 0 radical (unpaired) electrons. The van der Waals surface area contributed by atoms with Crippen LogP contribution in [0.3, 0.4) is 0 Å². The van der Waals surface area contributed by atoms with Crippen LogP contribution in [-0.4, -0.2) is 48.1 Å². The number of carbonyl (C=O) groups excluding carboxylic acids is 1. The van der Waals surface area contributed by atoms with Crippen LogP contribution in [0.15, 0.2) is 24.3 Å². The molecule has 7 heteroatoms. The highest BCUT2D eigenvalue weighted by molar-refractivity contribution is 6.33. The smallest absolute Gasteiger partial charge is 0.303 e. The van der Waals surface area contributed by atoms with E-state index in [0.717, 1.165) is 25.1 Å². The molecule has 1 N–H and O–H groups in total. The van der Waals surface area contributed by atoms with Gasteiger partial charge < -0.3 is 10.0 Å². The second-order valence-corrected chi connectivity index (χ2v) is 5.98. The van der Waals surface area contributed by atoms with E-state index in [9.17, 15) is 9.59 Å². The van der Waals surface area contributed by atoms with Gasteiger partial charge in [-0.2, -0.15) is 0 Å². The summed E-state index contributed by atoms with van der Waals surface area (Å²) in [4.78, 5) is 26.8. The number of nitrogens with zero attached hydrogens (tertiary/aromatic N) is 2. The fourth-order valence-corrected chi connectivity index (χ4v) is 3.01. The molecule has 1 saturated heterocycles. The topological polar surface area (TPSA) is 60.9 Å². The predicted molar refractivity (Wildman–Crippen MR) is 93.6 cm³/mol. The van der Waals surface area contributed by atoms with Gasteiger partial charge in [0, 0.05) is 13.0 Å². The third-order valence-electron chi connectivity index (χ3n) is 4.00. The van der Waals surface area contributed by atoms with Crippen LogP contribution < -0.4 is 4.90 Å². The normalized spacial score (nSPS) is 17.4. The van der Waals surface area contributed by atoms with Gasteiger partial charge in [-0.05, 0) is 45.0 Å². The SMILES string of the molecule is CN(CCCCC(=O)O)C1CCN(c2ccccc2Cl)C1=O.Cl. The third kappa shape index (κ3) is 5.09. The lowest BCUT2D eigenvalue weighted by Crippen LogP contribution is -2.40. The molecule has 2 rings (SSSR count). The van der Waals surface area contributed by atoms with Crippen molar-refractivity contribution in [3.8, 4) is 0 Å². The van der Waals surface area contributed by atoms with Gasteiger partial charge in [0.1, 0.15) is 0 Å². The summed E-state index contributed by atoms with van der Waals surface area (Å²) in [5.74, 6) is -0.710. The summed E-state index contributed by atoms with van der Waals surface area (Å²) in [6.07, 6.45) is 2.35. The molecule has 1 aliphatic heterocycles. The summed E-state index contributed by atoms with van der Waals surface area (Å²) in [5, 5.41) is 9.22. The maximum atomic E-state index is 12.6. The van der Waals surface area contributed by atoms with Crippen molar-refractivity contribution < 1.29 is 14.7 Å². The minimum Gasteiger partial charge on any atom is -0.481 e. The Kier molecular flexibility index (Phi) is 7.82. The van der Waals surface area contributed by atoms with Crippen LogP contribution in [-0.2, 0) is 9.59 Å². The number of likely N-dealkylation sites (N-methyl/N-ethyl adjacent to an activating group) is 1. The molecule has 1 aromatic carbocycles. The largest absolute Gasteiger partial charge is 0.481 e. The summed E-state index contributed by atoms with van der Waals surface area (Å²) in [7, 11) is 1.92. The van der Waals surface area contributed by atoms with E-state index in [1.165, 1.54) is 0 Å². The van der Waals surface area contributed by atoms with Gasteiger partial charge in [0.2, 0.25) is 5.91 Å². The van der Waals surface area contributed by atoms with Gasteiger partial charge in [0.05, 0.1) is 16.8 Å². The molecule has 1 atom stereocenters. The number of carboxylic acid groups (broad SMARTS) is 1. The molecule has 1 unspecified atom stereocenters. The first-order valence-corrected chi connectivity index (χ1v) is 7.86. The lowest BCUT2D eigenvalue weighted by atomic mass is 10.2. The lowest BCUT2D eigenvalue weighted by molar-refractivity contribution is -0.137. The van der Waals surface area contributed by atoms with Gasteiger partial charge in [-0.15, -0.1) is 12.4 Å². The summed E-state index contributed by atoms with van der Waals surface area (Å²) in [5.41, 5.74) is 0.760. The number of para-hydroxylation sites is 1. The molecule has 0 spiro atoms. The Morgan fingerprint density at radius 2 is 2.09 bits per heavy atom. The average Bonchev–Trinajstić information content (AvgIpc) is 2.85. The Hall–Kier alpha value is -1.30. The molecule has 1 aliphatic rings. The Labute approximate surface area is 147 Å². The van der Waals surface area contributed by atoms with Crippen molar-refractivity contribution in [3.63, 3.8) is 0 Å². The van der Waals surface area contributed by atoms with Crippen molar-refractivity contribution in [1.82, 2.24) is 4.90 Å². The number of hydrogen-bond donors (Lipinski definition) is 1. The van der Waals surface area contributed by atoms with E-state index in [-0.39, 0.29) is 30.8 Å². The maximum absolute atomic E-state index is 12.6. The van der Waals surface area contributed by atoms with Gasteiger partial charge in [0.25, 0.3) is 0 Å². The Balaban J connectivity index is 0.00000264. The van der Waals surface area contributed by atoms with Crippen molar-refractivity contribution in [2.75, 3.05) is 25.0 Å². The van der Waals surface area contributed by atoms with Crippen LogP contribution in [0.5, 0.6) is 0 Å². The number of hydrogen-bond acceptors (Lipinski definition) is 3. The van der Waals surface area contributed by atoms with Gasteiger partial charge in [0.15, 0.2) is 0 Å². The van der Waals surface area contributed by atoms with Crippen LogP contribution in [0.4, 0.5) is 5.69 Å². The van der Waals surface area contributed by atoms with E-state index < -0.39 is 5.97 Å². The quantitative estimate of drug-likeness (QED) is 0.759. The number of unbranched alkanes of at least 4 members (excludes halogenated alkanes) is 1. The standard InChI is InChI=1S/C16H21ClN2O3.ClH/c1-18(10-5-4-8-15(20)21)14-9-11-19(16(14)22)13-7-3-2-6-12(13)17;/h2-3,6-7,14H,4-5,8-11H2,1H3,(H,20,21);1H. The zero-order chi connectivity index (χ0) is 16.1. The number of carboxylic acids is 1. The van der Waals surface area contributed by atoms with Crippen molar-refractivity contribution in [2.24, 2.45) is 0 Å². The highest BCUT2D eigenvalue weighted by atomic mass is 35.5. The zero-order valence-electron chi connectivity index (χ0n) is 13.1. The number of benzene rings is 1. The lowest BCUT2D eigenvalue weighted by Gasteiger charge is -2.24. The molecular formula is C16H22Cl2N2O3. The number of anilines is 1. The number of rotatable bonds is 7. The molecule has 1 heterocycles. The number of halogens is 2. The van der Waals surface area contributed by atoms with Crippen LogP contribution in [0.1, 0.15) is 25.7 Å². The Bertz CT molecular complexity index is 554. The van der Waals surface area contributed by atoms with E-state index in [0.29, 0.717) is 18.0 Å². The fourth-order valence-electron chi connectivity index (χ4n) is 2.78. The van der Waals surface area contributed by atoms with Gasteiger partial charge in [-0.25, -0.2) is 0 Å². The third-order valence-corrected chi connectivity index (χ3v) is 4.32. The van der Waals surface area contributed by atoms with Crippen molar-refractivity contribution in [2.45, 2.75) is 31.7 Å². The molecule has 0 saturated carbocycles. The highest BCUT2D eigenvalue weighted by Crippen LogP contribution is 2.30. The van der Waals surface area contributed by atoms with Gasteiger partial charge in [-0.1, -0.05) is 23.7 Å². The first-order chi connectivity index (χ1) is 10.5. The zero-order valence-corrected chi connectivity index (χ0v) is 14.6. The van der Waals surface area contributed by atoms with Crippen molar-refractivity contribution in [1.29, 1.82) is 0 Å². The maximum Gasteiger partial charge on any atom is 0.303 e. The monoisotopic (exact) mass is 360 g/mol. The second-order valence-electron chi connectivity index (χ2n) is 5.58. The number of aliphatic carboxylic acids is 1. The molecule has 0 bridgehead atoms. The average molecular weight is 361 g/mol. The van der Waals surface area contributed by atoms with E-state index in [4.69, 9.17) is 16.7 Å². The molecule has 1 amide bonds. The summed E-state index contributed by atoms with van der Waals surface area (Å²) < 4.78 is 0. The first kappa shape index (κ1) is 19.7. The van der Waals surface area contributed by atoms with E-state index >= 15 is 0 Å². The number of carbonyl (C=O) groups is 2. The van der Waals surface area contributed by atoms with Gasteiger partial charge >= 0.3 is 5.97 Å². The summed E-state index contributed by atoms with van der Waals surface area (Å²) in [6.45, 7) is 1.38. The molecule has 128 valence electrons. The van der Waals surface area contributed by atoms with E-state index in [1.54, 1.807) is 11.0 Å². The molecule has 0 aliphatic carbocycles. The first-order valence-electron chi connectivity index (χ1n) is 7.48. The molecule has 5 nitrogen and oxygen atoms in total. The molecular weight excluding hydrogens is 339 g/mol. The van der Waals surface area contributed by atoms with E-state index in [1.807, 2.05) is 30.1 Å². The predicted octanol–water partition coefficient (Wildman–Crippen LogP) is 3.05. The van der Waals surface area contributed by atoms with Crippen LogP contribution in [0.2, 0.25) is 5.02 Å². The minimum absolute atomic E-state index is 0. The van der Waals surface area contributed by atoms with Gasteiger partial charge in [-0.3, -0.25) is 14.5 Å². The van der Waals surface area contributed by atoms with Crippen LogP contribution >= 0.6 is 24.0 Å². The fraction of sp³-hybridized carbons (Fsp3) is 0.500. The molecule has 0 aromatic heterocycles. The van der Waals surface area contributed by atoms with Crippen LogP contribution in [0, 0.1) is 0 Å². The molecule has 1 aromatic rings. The van der Waals surface area contributed by atoms with E-state index in [2.05, 4.69) is 0 Å². The number of amides is 1. The minimum atomic E-state index is -0.774. The molecule has 1 fully saturated rings. The Morgan fingerprint density at radius 1 is 1.39 bits per heavy atom. The Morgan fingerprint density at radius 3 is 2.74 bits per heavy atom. The summed E-state index contributed by atoms with van der Waals surface area (Å²) in [6, 6.07) is 7.21. The molecule has 23 heavy (non-hydrogen) atoms. The second kappa shape index (κ2) is 9.11. The van der Waals surface area contributed by atoms with Crippen molar-refractivity contribution in [3.05, 3.63) is 29.3 Å². The summed E-state index contributed by atoms with van der Waals surface area (Å²) >= 11 is 6.17. The van der Waals surface area contributed by atoms with Crippen LogP contribution in [0.25, 0.3) is 0 Å². The van der Waals surface area contributed by atoms with Crippen molar-refractivity contribution >= 4 is 41.6 Å². The highest BCUT2D eigenvalue weighted by Gasteiger charge is 2.35.